The van der Waals surface area contributed by atoms with E-state index in [9.17, 15) is 0 Å². The van der Waals surface area contributed by atoms with Gasteiger partial charge < -0.3 is 0 Å². The van der Waals surface area contributed by atoms with Gasteiger partial charge in [-0.05, 0) is 35.4 Å². The molecule has 4 aromatic carbocycles. The molecule has 0 amide bonds. The number of hydrogen-bond donors (Lipinski definition) is 0. The fourth-order valence-corrected chi connectivity index (χ4v) is 3.34. The van der Waals surface area contributed by atoms with Crippen LogP contribution in [0.3, 0.4) is 0 Å². The molecule has 4 aromatic rings. The summed E-state index contributed by atoms with van der Waals surface area (Å²) in [7, 11) is 0. The minimum Gasteiger partial charge on any atom is -0.155 e. The molecular formula is C24H20N2. The van der Waals surface area contributed by atoms with Crippen LogP contribution < -0.4 is 0 Å². The molecule has 0 N–H and O–H groups in total. The maximum absolute atomic E-state index is 4.53. The van der Waals surface area contributed by atoms with E-state index in [0.717, 1.165) is 22.6 Å². The van der Waals surface area contributed by atoms with Crippen LogP contribution in [0.4, 0.5) is 0 Å². The summed E-state index contributed by atoms with van der Waals surface area (Å²) in [5.74, 6) is 0. The van der Waals surface area contributed by atoms with Crippen LogP contribution in [0.25, 0.3) is 21.5 Å². The maximum Gasteiger partial charge on any atom is 0.0678 e. The van der Waals surface area contributed by atoms with Crippen molar-refractivity contribution >= 4 is 33.0 Å². The smallest absolute Gasteiger partial charge is 0.0678 e. The van der Waals surface area contributed by atoms with Crippen LogP contribution in [0.5, 0.6) is 0 Å². The second-order valence-corrected chi connectivity index (χ2v) is 6.42. The zero-order valence-electron chi connectivity index (χ0n) is 15.0. The largest absolute Gasteiger partial charge is 0.155 e. The monoisotopic (exact) mass is 336 g/mol. The van der Waals surface area contributed by atoms with E-state index >= 15 is 0 Å². The molecule has 0 saturated carbocycles. The van der Waals surface area contributed by atoms with Gasteiger partial charge in [-0.1, -0.05) is 84.9 Å². The number of benzene rings is 4. The molecule has 0 aliphatic carbocycles. The van der Waals surface area contributed by atoms with Crippen molar-refractivity contribution in [3.05, 3.63) is 96.1 Å². The quantitative estimate of drug-likeness (QED) is 0.313. The van der Waals surface area contributed by atoms with E-state index in [1.807, 2.05) is 13.8 Å². The Kier molecular flexibility index (Phi) is 4.32. The van der Waals surface area contributed by atoms with Gasteiger partial charge in [0.05, 0.1) is 11.4 Å². The Labute approximate surface area is 153 Å². The molecule has 0 spiro atoms. The Morgan fingerprint density at radius 1 is 0.500 bits per heavy atom. The molecule has 0 heterocycles. The summed E-state index contributed by atoms with van der Waals surface area (Å²) in [6, 6.07) is 29.3. The molecule has 0 bridgehead atoms. The molecule has 126 valence electrons. The number of nitrogens with zero attached hydrogens (tertiary/aromatic N) is 2. The van der Waals surface area contributed by atoms with Gasteiger partial charge in [0.15, 0.2) is 0 Å². The van der Waals surface area contributed by atoms with Gasteiger partial charge in [-0.15, -0.1) is 0 Å². The Hall–Kier alpha value is -3.26. The van der Waals surface area contributed by atoms with Crippen LogP contribution in [0.2, 0.25) is 0 Å². The van der Waals surface area contributed by atoms with Gasteiger partial charge in [0, 0.05) is 11.1 Å². The van der Waals surface area contributed by atoms with Crippen LogP contribution in [0.1, 0.15) is 25.0 Å². The van der Waals surface area contributed by atoms with Crippen LogP contribution in [-0.4, -0.2) is 11.4 Å². The minimum absolute atomic E-state index is 0.918. The first-order valence-electron chi connectivity index (χ1n) is 8.79. The molecule has 0 radical (unpaired) electrons. The summed E-state index contributed by atoms with van der Waals surface area (Å²) in [6.45, 7) is 4.03. The average molecular weight is 336 g/mol. The SMILES string of the molecule is C/C(=N/N=C(/C)c1cccc2ccccc12)c1cccc2ccccc12. The van der Waals surface area contributed by atoms with Gasteiger partial charge in [-0.25, -0.2) is 0 Å². The molecular weight excluding hydrogens is 316 g/mol. The zero-order chi connectivity index (χ0) is 17.9. The molecule has 0 fully saturated rings. The first-order chi connectivity index (χ1) is 12.7. The van der Waals surface area contributed by atoms with Crippen molar-refractivity contribution in [1.82, 2.24) is 0 Å². The van der Waals surface area contributed by atoms with E-state index in [4.69, 9.17) is 0 Å². The second kappa shape index (κ2) is 6.93. The molecule has 26 heavy (non-hydrogen) atoms. The number of fused-ring (bicyclic) bond motifs is 2. The van der Waals surface area contributed by atoms with Gasteiger partial charge in [0.25, 0.3) is 0 Å². The predicted molar refractivity (Wildman–Crippen MR) is 112 cm³/mol. The van der Waals surface area contributed by atoms with Gasteiger partial charge in [0.2, 0.25) is 0 Å². The Balaban J connectivity index is 1.75. The topological polar surface area (TPSA) is 24.7 Å². The molecule has 4 rings (SSSR count). The molecule has 2 nitrogen and oxygen atoms in total. The highest BCUT2D eigenvalue weighted by Crippen LogP contribution is 2.21. The first-order valence-corrected chi connectivity index (χ1v) is 8.79. The van der Waals surface area contributed by atoms with Crippen LogP contribution in [-0.2, 0) is 0 Å². The van der Waals surface area contributed by atoms with E-state index in [-0.39, 0.29) is 0 Å². The van der Waals surface area contributed by atoms with Gasteiger partial charge in [-0.2, -0.15) is 10.2 Å². The standard InChI is InChI=1S/C24H20N2/c1-17(21-15-7-11-19-9-3-5-13-23(19)21)25-26-18(2)22-16-8-12-20-10-4-6-14-24(20)22/h3-16H,1-2H3/b25-17-,26-18-. The Morgan fingerprint density at radius 3 is 1.35 bits per heavy atom. The van der Waals surface area contributed by atoms with Crippen LogP contribution in [0, 0.1) is 0 Å². The molecule has 0 aromatic heterocycles. The minimum atomic E-state index is 0.918. The lowest BCUT2D eigenvalue weighted by molar-refractivity contribution is 1.22. The molecule has 0 saturated heterocycles. The van der Waals surface area contributed by atoms with Gasteiger partial charge in [0.1, 0.15) is 0 Å². The van der Waals surface area contributed by atoms with Crippen molar-refractivity contribution in [2.45, 2.75) is 13.8 Å². The predicted octanol–water partition coefficient (Wildman–Crippen LogP) is 6.23. The summed E-state index contributed by atoms with van der Waals surface area (Å²) in [5, 5.41) is 13.9. The Bertz CT molecular complexity index is 1050. The highest BCUT2D eigenvalue weighted by molar-refractivity contribution is 6.12. The summed E-state index contributed by atoms with van der Waals surface area (Å²) < 4.78 is 0. The average Bonchev–Trinajstić information content (AvgIpc) is 2.71. The van der Waals surface area contributed by atoms with Crippen molar-refractivity contribution in [3.63, 3.8) is 0 Å². The van der Waals surface area contributed by atoms with Crippen molar-refractivity contribution in [2.75, 3.05) is 0 Å². The Morgan fingerprint density at radius 2 is 0.885 bits per heavy atom. The van der Waals surface area contributed by atoms with Crippen molar-refractivity contribution in [2.24, 2.45) is 10.2 Å². The summed E-state index contributed by atoms with van der Waals surface area (Å²) in [4.78, 5) is 0. The fourth-order valence-electron chi connectivity index (χ4n) is 3.34. The second-order valence-electron chi connectivity index (χ2n) is 6.42. The number of hydrogen-bond acceptors (Lipinski definition) is 2. The van der Waals surface area contributed by atoms with E-state index in [2.05, 4.69) is 95.1 Å². The number of rotatable bonds is 3. The normalized spacial score (nSPS) is 12.7. The zero-order valence-corrected chi connectivity index (χ0v) is 15.0. The lowest BCUT2D eigenvalue weighted by Gasteiger charge is -2.06. The van der Waals surface area contributed by atoms with E-state index in [1.165, 1.54) is 21.5 Å². The third-order valence-corrected chi connectivity index (χ3v) is 4.71. The van der Waals surface area contributed by atoms with E-state index in [0.29, 0.717) is 0 Å². The first kappa shape index (κ1) is 16.2. The molecule has 0 unspecified atom stereocenters. The molecule has 2 heteroatoms. The van der Waals surface area contributed by atoms with Crippen LogP contribution in [0.15, 0.2) is 95.1 Å². The third-order valence-electron chi connectivity index (χ3n) is 4.71. The van der Waals surface area contributed by atoms with Gasteiger partial charge >= 0.3 is 0 Å². The lowest BCUT2D eigenvalue weighted by atomic mass is 10.0. The molecule has 0 aliphatic rings. The third kappa shape index (κ3) is 3.02. The fraction of sp³-hybridized carbons (Fsp3) is 0.0833. The summed E-state index contributed by atoms with van der Waals surface area (Å²) in [5.41, 5.74) is 4.08. The maximum atomic E-state index is 4.53. The van der Waals surface area contributed by atoms with E-state index in [1.54, 1.807) is 0 Å². The summed E-state index contributed by atoms with van der Waals surface area (Å²) in [6.07, 6.45) is 0. The van der Waals surface area contributed by atoms with Gasteiger partial charge in [-0.3, -0.25) is 0 Å². The van der Waals surface area contributed by atoms with Crippen molar-refractivity contribution in [1.29, 1.82) is 0 Å². The molecule has 0 atom stereocenters. The van der Waals surface area contributed by atoms with Crippen molar-refractivity contribution in [3.8, 4) is 0 Å². The van der Waals surface area contributed by atoms with Crippen LogP contribution >= 0.6 is 0 Å². The van der Waals surface area contributed by atoms with E-state index < -0.39 is 0 Å². The highest BCUT2D eigenvalue weighted by Gasteiger charge is 2.05. The highest BCUT2D eigenvalue weighted by atomic mass is 15.2. The summed E-state index contributed by atoms with van der Waals surface area (Å²) >= 11 is 0. The lowest BCUT2D eigenvalue weighted by Crippen LogP contribution is -1.98. The van der Waals surface area contributed by atoms with Crippen molar-refractivity contribution < 1.29 is 0 Å². The molecule has 0 aliphatic heterocycles.